The maximum absolute atomic E-state index is 12.3. The van der Waals surface area contributed by atoms with E-state index in [0.717, 1.165) is 11.1 Å². The third-order valence-electron chi connectivity index (χ3n) is 3.64. The summed E-state index contributed by atoms with van der Waals surface area (Å²) in [6, 6.07) is 5.64. The van der Waals surface area contributed by atoms with Gasteiger partial charge in [-0.05, 0) is 58.1 Å². The van der Waals surface area contributed by atoms with Crippen molar-refractivity contribution in [3.05, 3.63) is 29.3 Å². The highest BCUT2D eigenvalue weighted by Crippen LogP contribution is 2.15. The number of nitrogens with zero attached hydrogens (tertiary/aromatic N) is 1. The summed E-state index contributed by atoms with van der Waals surface area (Å²) in [5.41, 5.74) is 2.09. The smallest absolute Gasteiger partial charge is 0.240 e. The minimum atomic E-state index is -3.44. The fourth-order valence-corrected chi connectivity index (χ4v) is 2.97. The van der Waals surface area contributed by atoms with E-state index in [4.69, 9.17) is 0 Å². The highest BCUT2D eigenvalue weighted by Gasteiger charge is 2.15. The summed E-state index contributed by atoms with van der Waals surface area (Å²) in [6.07, 6.45) is 0. The van der Waals surface area contributed by atoms with Crippen molar-refractivity contribution in [3.63, 3.8) is 0 Å². The summed E-state index contributed by atoms with van der Waals surface area (Å²) in [5.74, 6) is 0. The van der Waals surface area contributed by atoms with Gasteiger partial charge in [-0.2, -0.15) is 0 Å². The van der Waals surface area contributed by atoms with E-state index in [1.165, 1.54) is 0 Å². The first-order valence-electron chi connectivity index (χ1n) is 7.22. The fraction of sp³-hybridized carbons (Fsp3) is 0.600. The van der Waals surface area contributed by atoms with Gasteiger partial charge in [0.05, 0.1) is 4.90 Å². The highest BCUT2D eigenvalue weighted by atomic mass is 32.2. The zero-order valence-corrected chi connectivity index (χ0v) is 14.4. The molecule has 5 nitrogen and oxygen atoms in total. The van der Waals surface area contributed by atoms with Gasteiger partial charge in [-0.3, -0.25) is 0 Å². The number of hydrogen-bond acceptors (Lipinski definition) is 4. The van der Waals surface area contributed by atoms with Crippen LogP contribution in [-0.2, 0) is 16.6 Å². The number of nitrogens with one attached hydrogen (secondary N) is 2. The van der Waals surface area contributed by atoms with Crippen molar-refractivity contribution in [3.8, 4) is 0 Å². The van der Waals surface area contributed by atoms with Crippen molar-refractivity contribution in [1.29, 1.82) is 0 Å². The van der Waals surface area contributed by atoms with Gasteiger partial charge in [0.15, 0.2) is 0 Å². The number of benzene rings is 1. The SMILES string of the molecule is CNCc1cc(S(=O)(=O)NCCN(C)C(C)C)ccc1C. The largest absolute Gasteiger partial charge is 0.316 e. The monoisotopic (exact) mass is 313 g/mol. The van der Waals surface area contributed by atoms with Crippen molar-refractivity contribution in [2.24, 2.45) is 0 Å². The van der Waals surface area contributed by atoms with Crippen LogP contribution in [0.1, 0.15) is 25.0 Å². The van der Waals surface area contributed by atoms with E-state index >= 15 is 0 Å². The van der Waals surface area contributed by atoms with Crippen LogP contribution in [0, 0.1) is 6.92 Å². The van der Waals surface area contributed by atoms with E-state index in [0.29, 0.717) is 30.6 Å². The molecule has 0 heterocycles. The summed E-state index contributed by atoms with van der Waals surface area (Å²) < 4.78 is 27.3. The molecule has 0 fully saturated rings. The second-order valence-corrected chi connectivity index (χ2v) is 7.36. The van der Waals surface area contributed by atoms with Gasteiger partial charge in [0.2, 0.25) is 10.0 Å². The van der Waals surface area contributed by atoms with Crippen LogP contribution in [0.3, 0.4) is 0 Å². The topological polar surface area (TPSA) is 61.4 Å². The molecule has 0 saturated carbocycles. The molecule has 0 aliphatic rings. The molecule has 0 atom stereocenters. The van der Waals surface area contributed by atoms with Crippen molar-refractivity contribution in [2.45, 2.75) is 38.3 Å². The molecule has 1 aromatic rings. The van der Waals surface area contributed by atoms with Gasteiger partial charge >= 0.3 is 0 Å². The Balaban J connectivity index is 2.76. The first-order chi connectivity index (χ1) is 9.77. The van der Waals surface area contributed by atoms with Crippen LogP contribution < -0.4 is 10.0 Å². The van der Waals surface area contributed by atoms with E-state index < -0.39 is 10.0 Å². The van der Waals surface area contributed by atoms with Crippen molar-refractivity contribution < 1.29 is 8.42 Å². The van der Waals surface area contributed by atoms with Crippen LogP contribution >= 0.6 is 0 Å². The maximum Gasteiger partial charge on any atom is 0.240 e. The van der Waals surface area contributed by atoms with E-state index in [2.05, 4.69) is 28.8 Å². The highest BCUT2D eigenvalue weighted by molar-refractivity contribution is 7.89. The van der Waals surface area contributed by atoms with Crippen LogP contribution in [0.25, 0.3) is 0 Å². The normalized spacial score (nSPS) is 12.3. The Morgan fingerprint density at radius 1 is 1.29 bits per heavy atom. The van der Waals surface area contributed by atoms with Crippen molar-refractivity contribution in [1.82, 2.24) is 14.9 Å². The molecule has 0 saturated heterocycles. The first-order valence-corrected chi connectivity index (χ1v) is 8.70. The summed E-state index contributed by atoms with van der Waals surface area (Å²) in [5, 5.41) is 3.05. The number of likely N-dealkylation sites (N-methyl/N-ethyl adjacent to an activating group) is 1. The van der Waals surface area contributed by atoms with E-state index in [1.807, 2.05) is 27.1 Å². The number of rotatable bonds is 8. The van der Waals surface area contributed by atoms with Gasteiger partial charge in [-0.25, -0.2) is 13.1 Å². The average Bonchev–Trinajstić information content (AvgIpc) is 2.40. The third kappa shape index (κ3) is 5.39. The standard InChI is InChI=1S/C15H27N3O2S/c1-12(2)18(5)9-8-17-21(19,20)15-7-6-13(3)14(10-15)11-16-4/h6-7,10,12,16-17H,8-9,11H2,1-5H3. The lowest BCUT2D eigenvalue weighted by Gasteiger charge is -2.21. The van der Waals surface area contributed by atoms with Crippen LogP contribution in [-0.4, -0.2) is 46.5 Å². The van der Waals surface area contributed by atoms with Crippen LogP contribution in [0.2, 0.25) is 0 Å². The molecule has 0 amide bonds. The van der Waals surface area contributed by atoms with Crippen molar-refractivity contribution in [2.75, 3.05) is 27.2 Å². The number of hydrogen-bond donors (Lipinski definition) is 2. The minimum Gasteiger partial charge on any atom is -0.316 e. The Hall–Kier alpha value is -0.950. The molecular weight excluding hydrogens is 286 g/mol. The summed E-state index contributed by atoms with van der Waals surface area (Å²) in [6.45, 7) is 7.90. The van der Waals surface area contributed by atoms with Crippen LogP contribution in [0.4, 0.5) is 0 Å². The number of sulfonamides is 1. The zero-order valence-electron chi connectivity index (χ0n) is 13.6. The number of aryl methyl sites for hydroxylation is 1. The second kappa shape index (κ2) is 7.89. The van der Waals surface area contributed by atoms with Gasteiger partial charge in [0.1, 0.15) is 0 Å². The quantitative estimate of drug-likeness (QED) is 0.760. The van der Waals surface area contributed by atoms with E-state index in [1.54, 1.807) is 12.1 Å². The fourth-order valence-electron chi connectivity index (χ4n) is 1.89. The molecule has 0 aliphatic carbocycles. The Kier molecular flexibility index (Phi) is 6.80. The molecule has 1 rings (SSSR count). The van der Waals surface area contributed by atoms with E-state index in [9.17, 15) is 8.42 Å². The lowest BCUT2D eigenvalue weighted by atomic mass is 10.1. The van der Waals surface area contributed by atoms with Crippen LogP contribution in [0.5, 0.6) is 0 Å². The Labute approximate surface area is 128 Å². The summed E-state index contributed by atoms with van der Waals surface area (Å²) in [7, 11) is 0.386. The Bertz CT molecular complexity index is 556. The molecule has 0 bridgehead atoms. The summed E-state index contributed by atoms with van der Waals surface area (Å²) >= 11 is 0. The van der Waals surface area contributed by atoms with Gasteiger partial charge in [0.25, 0.3) is 0 Å². The molecule has 0 unspecified atom stereocenters. The van der Waals surface area contributed by atoms with Gasteiger partial charge in [-0.1, -0.05) is 6.07 Å². The molecule has 120 valence electrons. The third-order valence-corrected chi connectivity index (χ3v) is 5.09. The molecule has 0 spiro atoms. The molecule has 0 radical (unpaired) electrons. The van der Waals surface area contributed by atoms with Crippen molar-refractivity contribution >= 4 is 10.0 Å². The Morgan fingerprint density at radius 2 is 1.95 bits per heavy atom. The van der Waals surface area contributed by atoms with Gasteiger partial charge in [-0.15, -0.1) is 0 Å². The molecule has 2 N–H and O–H groups in total. The maximum atomic E-state index is 12.3. The second-order valence-electron chi connectivity index (χ2n) is 5.59. The lowest BCUT2D eigenvalue weighted by molar-refractivity contribution is 0.278. The van der Waals surface area contributed by atoms with Gasteiger partial charge in [0, 0.05) is 25.7 Å². The molecule has 21 heavy (non-hydrogen) atoms. The predicted octanol–water partition coefficient (Wildman–Crippen LogP) is 1.33. The predicted molar refractivity (Wildman–Crippen MR) is 86.9 cm³/mol. The van der Waals surface area contributed by atoms with E-state index in [-0.39, 0.29) is 0 Å². The van der Waals surface area contributed by atoms with Crippen LogP contribution in [0.15, 0.2) is 23.1 Å². The molecule has 0 aromatic heterocycles. The summed E-state index contributed by atoms with van der Waals surface area (Å²) in [4.78, 5) is 2.43. The Morgan fingerprint density at radius 3 is 2.52 bits per heavy atom. The molecule has 6 heteroatoms. The minimum absolute atomic E-state index is 0.325. The molecule has 0 aliphatic heterocycles. The molecular formula is C15H27N3O2S. The zero-order chi connectivity index (χ0) is 16.0. The lowest BCUT2D eigenvalue weighted by Crippen LogP contribution is -2.36. The van der Waals surface area contributed by atoms with Gasteiger partial charge < -0.3 is 10.2 Å². The first kappa shape index (κ1) is 18.1. The molecule has 1 aromatic carbocycles. The average molecular weight is 313 g/mol.